The van der Waals surface area contributed by atoms with Crippen molar-refractivity contribution in [3.05, 3.63) is 20.8 Å². The molecule has 7 heteroatoms. The zero-order valence-corrected chi connectivity index (χ0v) is 14.9. The first kappa shape index (κ1) is 17.0. The zero-order chi connectivity index (χ0) is 16.4. The van der Waals surface area contributed by atoms with Crippen LogP contribution in [0.4, 0.5) is 0 Å². The summed E-state index contributed by atoms with van der Waals surface area (Å²) in [6.07, 6.45) is 1.88. The molecular formula is C15H21N3O2S2. The van der Waals surface area contributed by atoms with E-state index in [-0.39, 0.29) is 5.56 Å². The van der Waals surface area contributed by atoms with E-state index in [2.05, 4.69) is 11.9 Å². The normalized spacial score (nSPS) is 12.7. The van der Waals surface area contributed by atoms with Crippen LogP contribution < -0.4 is 11.3 Å². The lowest BCUT2D eigenvalue weighted by molar-refractivity contribution is -0.117. The fourth-order valence-electron chi connectivity index (χ4n) is 2.13. The topological polar surface area (TPSA) is 78.0 Å². The van der Waals surface area contributed by atoms with Crippen LogP contribution in [0.25, 0.3) is 10.2 Å². The van der Waals surface area contributed by atoms with Gasteiger partial charge in [-0.25, -0.2) is 4.98 Å². The van der Waals surface area contributed by atoms with E-state index in [1.165, 1.54) is 23.1 Å². The molecule has 0 radical (unpaired) electrons. The largest absolute Gasteiger partial charge is 0.369 e. The number of aryl methyl sites for hydroxylation is 2. The summed E-state index contributed by atoms with van der Waals surface area (Å²) >= 11 is 2.78. The molecular weight excluding hydrogens is 318 g/mol. The summed E-state index contributed by atoms with van der Waals surface area (Å²) < 4.78 is 1.69. The third-order valence-electron chi connectivity index (χ3n) is 3.67. The number of primary amides is 1. The van der Waals surface area contributed by atoms with Gasteiger partial charge < -0.3 is 5.73 Å². The molecule has 0 saturated carbocycles. The van der Waals surface area contributed by atoms with Crippen LogP contribution in [0.15, 0.2) is 9.95 Å². The second-order valence-electron chi connectivity index (χ2n) is 5.33. The van der Waals surface area contributed by atoms with Crippen LogP contribution >= 0.6 is 23.1 Å². The van der Waals surface area contributed by atoms with Crippen molar-refractivity contribution in [2.75, 3.05) is 0 Å². The number of nitrogens with zero attached hydrogens (tertiary/aromatic N) is 2. The minimum Gasteiger partial charge on any atom is -0.369 e. The second-order valence-corrected chi connectivity index (χ2v) is 7.84. The Hall–Kier alpha value is -1.34. The van der Waals surface area contributed by atoms with E-state index in [9.17, 15) is 9.59 Å². The highest BCUT2D eigenvalue weighted by molar-refractivity contribution is 8.00. The van der Waals surface area contributed by atoms with Gasteiger partial charge in [-0.05, 0) is 32.8 Å². The average Bonchev–Trinajstić information content (AvgIpc) is 2.73. The number of carbonyl (C=O) groups excluding carboxylic acids is 1. The molecule has 2 heterocycles. The molecule has 0 fully saturated rings. The molecule has 0 bridgehead atoms. The summed E-state index contributed by atoms with van der Waals surface area (Å²) in [5, 5.41) is 0.868. The van der Waals surface area contributed by atoms with E-state index in [1.807, 2.05) is 13.8 Å². The highest BCUT2D eigenvalue weighted by Crippen LogP contribution is 2.29. The molecule has 2 N–H and O–H groups in total. The minimum atomic E-state index is -0.417. The summed E-state index contributed by atoms with van der Waals surface area (Å²) in [5.74, 6) is -0.403. The standard InChI is InChI=1S/C15H21N3O2S2/c1-5-6-7-18-14(20)11-8(2)9(3)21-13(11)17-15(18)22-10(4)12(16)19/h10H,5-7H2,1-4H3,(H2,16,19). The smallest absolute Gasteiger partial charge is 0.263 e. The van der Waals surface area contributed by atoms with Gasteiger partial charge in [-0.1, -0.05) is 25.1 Å². The first-order chi connectivity index (χ1) is 10.4. The van der Waals surface area contributed by atoms with Gasteiger partial charge in [0.2, 0.25) is 5.91 Å². The van der Waals surface area contributed by atoms with Crippen LogP contribution in [0.2, 0.25) is 0 Å². The minimum absolute atomic E-state index is 0.0144. The van der Waals surface area contributed by atoms with Gasteiger partial charge in [0, 0.05) is 11.4 Å². The SMILES string of the molecule is CCCCn1c(SC(C)C(N)=O)nc2sc(C)c(C)c2c1=O. The van der Waals surface area contributed by atoms with Crippen molar-refractivity contribution < 1.29 is 4.79 Å². The van der Waals surface area contributed by atoms with Crippen molar-refractivity contribution in [3.63, 3.8) is 0 Å². The van der Waals surface area contributed by atoms with Gasteiger partial charge in [-0.3, -0.25) is 14.2 Å². The van der Waals surface area contributed by atoms with Gasteiger partial charge in [0.1, 0.15) is 4.83 Å². The van der Waals surface area contributed by atoms with Crippen LogP contribution in [0.1, 0.15) is 37.1 Å². The Balaban J connectivity index is 2.61. The molecule has 1 unspecified atom stereocenters. The number of nitrogens with two attached hydrogens (primary N) is 1. The average molecular weight is 339 g/mol. The van der Waals surface area contributed by atoms with Crippen molar-refractivity contribution >= 4 is 39.2 Å². The lowest BCUT2D eigenvalue weighted by Crippen LogP contribution is -2.27. The summed E-state index contributed by atoms with van der Waals surface area (Å²) in [7, 11) is 0. The van der Waals surface area contributed by atoms with Crippen LogP contribution in [-0.2, 0) is 11.3 Å². The molecule has 0 aliphatic carbocycles. The summed E-state index contributed by atoms with van der Waals surface area (Å²) in [6, 6.07) is 0. The van der Waals surface area contributed by atoms with E-state index in [0.29, 0.717) is 17.1 Å². The van der Waals surface area contributed by atoms with E-state index >= 15 is 0 Å². The molecule has 0 aliphatic heterocycles. The second kappa shape index (κ2) is 6.83. The third-order valence-corrected chi connectivity index (χ3v) is 5.88. The molecule has 1 amide bonds. The van der Waals surface area contributed by atoms with E-state index < -0.39 is 11.2 Å². The molecule has 0 spiro atoms. The van der Waals surface area contributed by atoms with Gasteiger partial charge in [-0.2, -0.15) is 0 Å². The molecule has 22 heavy (non-hydrogen) atoms. The number of rotatable bonds is 6. The number of fused-ring (bicyclic) bond motifs is 1. The molecule has 0 aromatic carbocycles. The van der Waals surface area contributed by atoms with E-state index in [0.717, 1.165) is 28.1 Å². The van der Waals surface area contributed by atoms with Crippen molar-refractivity contribution in [3.8, 4) is 0 Å². The van der Waals surface area contributed by atoms with Crippen LogP contribution in [-0.4, -0.2) is 20.7 Å². The maximum absolute atomic E-state index is 12.8. The highest BCUT2D eigenvalue weighted by atomic mass is 32.2. The molecule has 2 aromatic rings. The Kier molecular flexibility index (Phi) is 5.28. The summed E-state index contributed by atoms with van der Waals surface area (Å²) in [5.41, 5.74) is 6.33. The predicted molar refractivity (Wildman–Crippen MR) is 92.8 cm³/mol. The fraction of sp³-hybridized carbons (Fsp3) is 0.533. The zero-order valence-electron chi connectivity index (χ0n) is 13.3. The Labute approximate surface area is 137 Å². The summed E-state index contributed by atoms with van der Waals surface area (Å²) in [6.45, 7) is 8.38. The predicted octanol–water partition coefficient (Wildman–Crippen LogP) is 2.84. The molecule has 0 aliphatic rings. The molecule has 2 rings (SSSR count). The quantitative estimate of drug-likeness (QED) is 0.648. The number of unbranched alkanes of at least 4 members (excludes halogenated alkanes) is 1. The first-order valence-electron chi connectivity index (χ1n) is 7.33. The Morgan fingerprint density at radius 3 is 2.73 bits per heavy atom. The number of aromatic nitrogens is 2. The van der Waals surface area contributed by atoms with Gasteiger partial charge in [0.15, 0.2) is 5.16 Å². The first-order valence-corrected chi connectivity index (χ1v) is 9.02. The van der Waals surface area contributed by atoms with Crippen LogP contribution in [0.3, 0.4) is 0 Å². The number of hydrogen-bond donors (Lipinski definition) is 1. The third kappa shape index (κ3) is 3.20. The van der Waals surface area contributed by atoms with Crippen molar-refractivity contribution in [2.45, 2.75) is 57.5 Å². The Bertz CT molecular complexity index is 764. The fourth-order valence-corrected chi connectivity index (χ4v) is 4.08. The molecule has 1 atom stereocenters. The van der Waals surface area contributed by atoms with Gasteiger partial charge >= 0.3 is 0 Å². The van der Waals surface area contributed by atoms with E-state index in [4.69, 9.17) is 5.73 Å². The van der Waals surface area contributed by atoms with E-state index in [1.54, 1.807) is 11.5 Å². The van der Waals surface area contributed by atoms with Crippen LogP contribution in [0, 0.1) is 13.8 Å². The van der Waals surface area contributed by atoms with Gasteiger partial charge in [0.25, 0.3) is 5.56 Å². The number of thiophene rings is 1. The number of hydrogen-bond acceptors (Lipinski definition) is 5. The van der Waals surface area contributed by atoms with Crippen molar-refractivity contribution in [2.24, 2.45) is 5.73 Å². The maximum atomic E-state index is 12.8. The summed E-state index contributed by atoms with van der Waals surface area (Å²) in [4.78, 5) is 30.6. The Morgan fingerprint density at radius 1 is 1.45 bits per heavy atom. The van der Waals surface area contributed by atoms with Crippen molar-refractivity contribution in [1.29, 1.82) is 0 Å². The lowest BCUT2D eigenvalue weighted by Gasteiger charge is -2.13. The monoisotopic (exact) mass is 339 g/mol. The number of thioether (sulfide) groups is 1. The number of amides is 1. The van der Waals surface area contributed by atoms with Crippen molar-refractivity contribution in [1.82, 2.24) is 9.55 Å². The van der Waals surface area contributed by atoms with Gasteiger partial charge in [0.05, 0.1) is 10.6 Å². The molecule has 2 aromatic heterocycles. The van der Waals surface area contributed by atoms with Crippen LogP contribution in [0.5, 0.6) is 0 Å². The lowest BCUT2D eigenvalue weighted by atomic mass is 10.2. The molecule has 0 saturated heterocycles. The van der Waals surface area contributed by atoms with Gasteiger partial charge in [-0.15, -0.1) is 11.3 Å². The maximum Gasteiger partial charge on any atom is 0.263 e. The highest BCUT2D eigenvalue weighted by Gasteiger charge is 2.19. The number of carbonyl (C=O) groups is 1. The Morgan fingerprint density at radius 2 is 2.14 bits per heavy atom. The molecule has 5 nitrogen and oxygen atoms in total. The molecule has 120 valence electrons.